The quantitative estimate of drug-likeness (QED) is 0.306. The van der Waals surface area contributed by atoms with Crippen LogP contribution in [-0.2, 0) is 12.0 Å². The summed E-state index contributed by atoms with van der Waals surface area (Å²) in [7, 11) is 0. The van der Waals surface area contributed by atoms with Crippen LogP contribution < -0.4 is 10.6 Å². The zero-order chi connectivity index (χ0) is 16.7. The van der Waals surface area contributed by atoms with Gasteiger partial charge in [-0.2, -0.15) is 0 Å². The number of thiophene rings is 2. The zero-order valence-corrected chi connectivity index (χ0v) is 18.4. The summed E-state index contributed by atoms with van der Waals surface area (Å²) >= 11 is 9.07. The van der Waals surface area contributed by atoms with Crippen LogP contribution in [0.1, 0.15) is 23.6 Å². The van der Waals surface area contributed by atoms with Crippen molar-refractivity contribution >= 4 is 64.2 Å². The molecule has 2 rings (SSSR count). The van der Waals surface area contributed by atoms with Crippen molar-refractivity contribution in [1.29, 1.82) is 0 Å². The van der Waals surface area contributed by atoms with Crippen LogP contribution in [-0.4, -0.2) is 30.7 Å². The Morgan fingerprint density at radius 1 is 1.33 bits per heavy atom. The van der Waals surface area contributed by atoms with Gasteiger partial charge in [-0.15, -0.1) is 46.7 Å². The van der Waals surface area contributed by atoms with Crippen LogP contribution in [0.4, 0.5) is 0 Å². The van der Waals surface area contributed by atoms with Crippen LogP contribution in [0, 0.1) is 0 Å². The average Bonchev–Trinajstić information content (AvgIpc) is 3.17. The van der Waals surface area contributed by atoms with Crippen molar-refractivity contribution in [3.05, 3.63) is 43.7 Å². The maximum atomic E-state index is 10.5. The summed E-state index contributed by atoms with van der Waals surface area (Å²) < 4.78 is 0.813. The van der Waals surface area contributed by atoms with E-state index in [0.29, 0.717) is 12.5 Å². The van der Waals surface area contributed by atoms with Crippen molar-refractivity contribution < 1.29 is 5.11 Å². The minimum Gasteiger partial charge on any atom is -0.383 e. The van der Waals surface area contributed by atoms with Gasteiger partial charge in [-0.1, -0.05) is 17.7 Å². The van der Waals surface area contributed by atoms with E-state index in [1.54, 1.807) is 29.6 Å². The number of hydrogen-bond donors (Lipinski definition) is 3. The van der Waals surface area contributed by atoms with E-state index in [0.717, 1.165) is 28.7 Å². The Hall–Kier alpha value is -0.350. The lowest BCUT2D eigenvalue weighted by molar-refractivity contribution is 0.0711. The molecule has 0 saturated heterocycles. The molecule has 2 heterocycles. The lowest BCUT2D eigenvalue weighted by Gasteiger charge is -2.20. The van der Waals surface area contributed by atoms with E-state index < -0.39 is 5.60 Å². The van der Waals surface area contributed by atoms with Gasteiger partial charge in [0.1, 0.15) is 5.60 Å². The van der Waals surface area contributed by atoms with Crippen LogP contribution in [0.2, 0.25) is 4.34 Å². The molecule has 0 fully saturated rings. The molecule has 0 spiro atoms. The summed E-state index contributed by atoms with van der Waals surface area (Å²) in [5.74, 6) is 0.715. The molecule has 2 aromatic heterocycles. The second kappa shape index (κ2) is 10.6. The van der Waals surface area contributed by atoms with Crippen LogP contribution in [0.25, 0.3) is 0 Å². The molecule has 1 atom stereocenters. The van der Waals surface area contributed by atoms with Crippen molar-refractivity contribution in [1.82, 2.24) is 10.6 Å². The highest BCUT2D eigenvalue weighted by molar-refractivity contribution is 14.0. The Morgan fingerprint density at radius 3 is 2.71 bits per heavy atom. The lowest BCUT2D eigenvalue weighted by Crippen LogP contribution is -2.39. The second-order valence-electron chi connectivity index (χ2n) is 5.33. The summed E-state index contributed by atoms with van der Waals surface area (Å²) in [6.45, 7) is 5.67. The van der Waals surface area contributed by atoms with Crippen LogP contribution in [0.15, 0.2) is 34.6 Å². The number of rotatable bonds is 7. The Labute approximate surface area is 173 Å². The van der Waals surface area contributed by atoms with E-state index >= 15 is 0 Å². The number of nitrogens with one attached hydrogen (secondary N) is 2. The van der Waals surface area contributed by atoms with Gasteiger partial charge in [-0.3, -0.25) is 0 Å². The maximum Gasteiger partial charge on any atom is 0.191 e. The van der Waals surface area contributed by atoms with E-state index in [-0.39, 0.29) is 24.0 Å². The predicted octanol–water partition coefficient (Wildman–Crippen LogP) is 4.09. The first-order chi connectivity index (χ1) is 11.0. The first-order valence-electron chi connectivity index (χ1n) is 7.54. The van der Waals surface area contributed by atoms with Gasteiger partial charge < -0.3 is 15.7 Å². The first-order valence-corrected chi connectivity index (χ1v) is 9.61. The number of aliphatic hydroxyl groups is 1. The molecule has 2 aromatic rings. The molecule has 0 aliphatic heterocycles. The monoisotopic (exact) mass is 499 g/mol. The number of hydrogen-bond acceptors (Lipinski definition) is 4. The smallest absolute Gasteiger partial charge is 0.191 e. The van der Waals surface area contributed by atoms with Crippen molar-refractivity contribution in [2.75, 3.05) is 19.6 Å². The highest BCUT2D eigenvalue weighted by Crippen LogP contribution is 2.25. The number of guanidine groups is 1. The van der Waals surface area contributed by atoms with Gasteiger partial charge in [0, 0.05) is 22.8 Å². The van der Waals surface area contributed by atoms with Gasteiger partial charge in [-0.25, -0.2) is 4.99 Å². The lowest BCUT2D eigenvalue weighted by atomic mass is 10.1. The number of halogens is 2. The molecule has 24 heavy (non-hydrogen) atoms. The summed E-state index contributed by atoms with van der Waals surface area (Å²) in [6, 6.07) is 7.83. The molecule has 0 saturated carbocycles. The molecular weight excluding hydrogens is 477 g/mol. The normalized spacial score (nSPS) is 13.9. The third-order valence-corrected chi connectivity index (χ3v) is 5.65. The van der Waals surface area contributed by atoms with Crippen molar-refractivity contribution in [3.8, 4) is 0 Å². The van der Waals surface area contributed by atoms with Crippen LogP contribution >= 0.6 is 58.3 Å². The molecule has 0 aliphatic rings. The molecule has 0 aromatic carbocycles. The summed E-state index contributed by atoms with van der Waals surface area (Å²) in [5, 5.41) is 19.0. The zero-order valence-electron chi connectivity index (χ0n) is 13.7. The third kappa shape index (κ3) is 6.87. The molecule has 0 amide bonds. The molecule has 0 aliphatic carbocycles. The van der Waals surface area contributed by atoms with E-state index in [2.05, 4.69) is 15.6 Å². The molecule has 0 radical (unpaired) electrons. The first kappa shape index (κ1) is 21.7. The highest BCUT2D eigenvalue weighted by atomic mass is 127. The second-order valence-corrected chi connectivity index (χ2v) is 8.08. The third-order valence-electron chi connectivity index (χ3n) is 3.23. The summed E-state index contributed by atoms with van der Waals surface area (Å²) in [4.78, 5) is 6.67. The topological polar surface area (TPSA) is 56.7 Å². The maximum absolute atomic E-state index is 10.5. The SMILES string of the molecule is CCNC(=NCC(C)(O)c1cccs1)NCCc1ccc(Cl)s1.I. The minimum atomic E-state index is -0.947. The summed E-state index contributed by atoms with van der Waals surface area (Å²) in [5.41, 5.74) is -0.947. The number of aliphatic imine (C=N–C) groups is 1. The molecule has 134 valence electrons. The van der Waals surface area contributed by atoms with E-state index in [4.69, 9.17) is 11.6 Å². The van der Waals surface area contributed by atoms with Gasteiger partial charge in [0.25, 0.3) is 0 Å². The minimum absolute atomic E-state index is 0. The van der Waals surface area contributed by atoms with Crippen molar-refractivity contribution in [2.45, 2.75) is 25.9 Å². The van der Waals surface area contributed by atoms with Gasteiger partial charge in [0.15, 0.2) is 5.96 Å². The molecule has 8 heteroatoms. The van der Waals surface area contributed by atoms with Crippen LogP contribution in [0.5, 0.6) is 0 Å². The molecule has 4 nitrogen and oxygen atoms in total. The Kier molecular flexibility index (Phi) is 9.58. The van der Waals surface area contributed by atoms with E-state index in [1.807, 2.05) is 36.6 Å². The average molecular weight is 500 g/mol. The predicted molar refractivity (Wildman–Crippen MR) is 116 cm³/mol. The molecule has 3 N–H and O–H groups in total. The Balaban J connectivity index is 0.00000288. The van der Waals surface area contributed by atoms with Gasteiger partial charge >= 0.3 is 0 Å². The summed E-state index contributed by atoms with van der Waals surface area (Å²) in [6.07, 6.45) is 0.892. The largest absolute Gasteiger partial charge is 0.383 e. The van der Waals surface area contributed by atoms with Gasteiger partial charge in [-0.05, 0) is 43.8 Å². The van der Waals surface area contributed by atoms with Gasteiger partial charge in [0.2, 0.25) is 0 Å². The van der Waals surface area contributed by atoms with Gasteiger partial charge in [0.05, 0.1) is 10.9 Å². The Morgan fingerprint density at radius 2 is 2.12 bits per heavy atom. The fourth-order valence-electron chi connectivity index (χ4n) is 2.03. The van der Waals surface area contributed by atoms with Crippen LogP contribution in [0.3, 0.4) is 0 Å². The standard InChI is InChI=1S/C16H22ClN3OS2.HI/c1-3-18-15(19-9-8-12-6-7-14(17)23-12)20-11-16(2,21)13-5-4-10-22-13;/h4-7,10,21H,3,8-9,11H2,1-2H3,(H2,18,19,20);1H. The number of nitrogens with zero attached hydrogens (tertiary/aromatic N) is 1. The highest BCUT2D eigenvalue weighted by Gasteiger charge is 2.23. The molecular formula is C16H23ClIN3OS2. The Bertz CT molecular complexity index is 629. The van der Waals surface area contributed by atoms with E-state index in [9.17, 15) is 5.11 Å². The van der Waals surface area contributed by atoms with Crippen molar-refractivity contribution in [2.24, 2.45) is 4.99 Å². The van der Waals surface area contributed by atoms with Crippen molar-refractivity contribution in [3.63, 3.8) is 0 Å². The fourth-order valence-corrected chi connectivity index (χ4v) is 3.89. The van der Waals surface area contributed by atoms with E-state index in [1.165, 1.54) is 4.88 Å². The molecule has 1 unspecified atom stereocenters. The molecule has 0 bridgehead atoms. The fraction of sp³-hybridized carbons (Fsp3) is 0.438.